The van der Waals surface area contributed by atoms with Crippen LogP contribution < -0.4 is 10.6 Å². The van der Waals surface area contributed by atoms with Crippen molar-refractivity contribution in [2.45, 2.75) is 19.9 Å². The van der Waals surface area contributed by atoms with Gasteiger partial charge in [-0.3, -0.25) is 9.59 Å². The standard InChI is InChI=1S/C20H16Cl2FN3O3S/c1-9(12-5-3-4-6-15(12)23)24-19(29)16-10(2)26-30-20(16)25-18(28)11-7-13(21)17(27)14(22)8-11/h3-9,27H,1-2H3,(H,24,29)(H,25,28). The third-order valence-corrected chi connectivity index (χ3v) is 5.75. The molecule has 2 aromatic carbocycles. The van der Waals surface area contributed by atoms with Crippen molar-refractivity contribution < 1.29 is 19.1 Å². The van der Waals surface area contributed by atoms with E-state index in [4.69, 9.17) is 23.2 Å². The van der Waals surface area contributed by atoms with E-state index in [0.29, 0.717) is 11.3 Å². The SMILES string of the molecule is Cc1nsc(NC(=O)c2cc(Cl)c(O)c(Cl)c2)c1C(=O)NC(C)c1ccccc1F. The van der Waals surface area contributed by atoms with Gasteiger partial charge in [0.1, 0.15) is 10.8 Å². The number of hydrogen-bond acceptors (Lipinski definition) is 5. The number of aromatic nitrogens is 1. The lowest BCUT2D eigenvalue weighted by Gasteiger charge is -2.15. The number of nitrogens with zero attached hydrogens (tertiary/aromatic N) is 1. The van der Waals surface area contributed by atoms with Crippen LogP contribution in [-0.4, -0.2) is 21.3 Å². The molecule has 3 rings (SSSR count). The summed E-state index contributed by atoms with van der Waals surface area (Å²) in [5.41, 5.74) is 1.02. The van der Waals surface area contributed by atoms with Gasteiger partial charge in [0, 0.05) is 11.1 Å². The van der Waals surface area contributed by atoms with Gasteiger partial charge >= 0.3 is 0 Å². The van der Waals surface area contributed by atoms with Crippen LogP contribution in [0.1, 0.15) is 44.9 Å². The quantitative estimate of drug-likeness (QED) is 0.471. The van der Waals surface area contributed by atoms with Crippen molar-refractivity contribution in [2.75, 3.05) is 5.32 Å². The summed E-state index contributed by atoms with van der Waals surface area (Å²) in [6, 6.07) is 8.05. The lowest BCUT2D eigenvalue weighted by atomic mass is 10.1. The van der Waals surface area contributed by atoms with Crippen LogP contribution in [0.15, 0.2) is 36.4 Å². The predicted octanol–water partition coefficient (Wildman–Crippen LogP) is 5.35. The number of nitrogens with one attached hydrogen (secondary N) is 2. The summed E-state index contributed by atoms with van der Waals surface area (Å²) in [5.74, 6) is -1.85. The van der Waals surface area contributed by atoms with Gasteiger partial charge in [0.05, 0.1) is 27.3 Å². The van der Waals surface area contributed by atoms with Gasteiger partial charge in [-0.2, -0.15) is 4.37 Å². The molecule has 3 aromatic rings. The van der Waals surface area contributed by atoms with Crippen molar-refractivity contribution in [1.29, 1.82) is 0 Å². The molecule has 0 radical (unpaired) electrons. The minimum Gasteiger partial charge on any atom is -0.505 e. The molecule has 0 fully saturated rings. The molecule has 1 aromatic heterocycles. The Labute approximate surface area is 185 Å². The van der Waals surface area contributed by atoms with Crippen LogP contribution in [0.25, 0.3) is 0 Å². The summed E-state index contributed by atoms with van der Waals surface area (Å²) in [7, 11) is 0. The van der Waals surface area contributed by atoms with Crippen molar-refractivity contribution in [2.24, 2.45) is 0 Å². The summed E-state index contributed by atoms with van der Waals surface area (Å²) >= 11 is 12.7. The van der Waals surface area contributed by atoms with Crippen LogP contribution in [-0.2, 0) is 0 Å². The number of carbonyl (C=O) groups excluding carboxylic acids is 2. The van der Waals surface area contributed by atoms with Crippen LogP contribution >= 0.6 is 34.7 Å². The van der Waals surface area contributed by atoms with Crippen LogP contribution in [0.2, 0.25) is 10.0 Å². The molecule has 6 nitrogen and oxygen atoms in total. The molecule has 0 saturated carbocycles. The Hall–Kier alpha value is -2.68. The molecule has 0 bridgehead atoms. The van der Waals surface area contributed by atoms with Gasteiger partial charge in [0.2, 0.25) is 0 Å². The lowest BCUT2D eigenvalue weighted by Crippen LogP contribution is -2.28. The molecule has 3 N–H and O–H groups in total. The summed E-state index contributed by atoms with van der Waals surface area (Å²) < 4.78 is 18.1. The van der Waals surface area contributed by atoms with E-state index in [-0.39, 0.29) is 31.9 Å². The number of carbonyl (C=O) groups is 2. The normalized spacial score (nSPS) is 11.8. The minimum atomic E-state index is -0.601. The second-order valence-corrected chi connectivity index (χ2v) is 8.02. The number of rotatable bonds is 5. The zero-order chi connectivity index (χ0) is 22.0. The number of phenols is 1. The topological polar surface area (TPSA) is 91.3 Å². The average Bonchev–Trinajstić information content (AvgIpc) is 3.05. The van der Waals surface area contributed by atoms with E-state index in [9.17, 15) is 19.1 Å². The number of hydrogen-bond donors (Lipinski definition) is 3. The molecule has 0 saturated heterocycles. The smallest absolute Gasteiger partial charge is 0.256 e. The average molecular weight is 468 g/mol. The van der Waals surface area contributed by atoms with Gasteiger partial charge in [-0.25, -0.2) is 4.39 Å². The fourth-order valence-electron chi connectivity index (χ4n) is 2.77. The van der Waals surface area contributed by atoms with Crippen LogP contribution in [0.3, 0.4) is 0 Å². The van der Waals surface area contributed by atoms with E-state index < -0.39 is 23.7 Å². The van der Waals surface area contributed by atoms with Gasteiger partial charge < -0.3 is 15.7 Å². The highest BCUT2D eigenvalue weighted by Crippen LogP contribution is 2.33. The molecular weight excluding hydrogens is 452 g/mol. The molecule has 2 amide bonds. The van der Waals surface area contributed by atoms with Crippen molar-refractivity contribution in [1.82, 2.24) is 9.69 Å². The van der Waals surface area contributed by atoms with E-state index in [1.54, 1.807) is 32.0 Å². The Balaban J connectivity index is 1.82. The highest BCUT2D eigenvalue weighted by molar-refractivity contribution is 7.11. The maximum absolute atomic E-state index is 14.0. The number of benzene rings is 2. The minimum absolute atomic E-state index is 0.0789. The van der Waals surface area contributed by atoms with Crippen molar-refractivity contribution >= 4 is 51.5 Å². The lowest BCUT2D eigenvalue weighted by molar-refractivity contribution is 0.0940. The Kier molecular flexibility index (Phi) is 6.60. The van der Waals surface area contributed by atoms with Gasteiger partial charge in [0.15, 0.2) is 5.75 Å². The first kappa shape index (κ1) is 22.0. The first-order chi connectivity index (χ1) is 14.2. The van der Waals surface area contributed by atoms with E-state index in [0.717, 1.165) is 11.5 Å². The fourth-order valence-corrected chi connectivity index (χ4v) is 4.04. The zero-order valence-corrected chi connectivity index (χ0v) is 18.1. The molecule has 1 unspecified atom stereocenters. The molecule has 0 aliphatic heterocycles. The van der Waals surface area contributed by atoms with Crippen LogP contribution in [0, 0.1) is 12.7 Å². The molecule has 0 aliphatic rings. The zero-order valence-electron chi connectivity index (χ0n) is 15.8. The summed E-state index contributed by atoms with van der Waals surface area (Å²) in [6.07, 6.45) is 0. The third kappa shape index (κ3) is 4.56. The number of aromatic hydroxyl groups is 1. The molecule has 10 heteroatoms. The Morgan fingerprint density at radius 1 is 1.17 bits per heavy atom. The highest BCUT2D eigenvalue weighted by Gasteiger charge is 2.23. The molecule has 1 heterocycles. The van der Waals surface area contributed by atoms with Crippen molar-refractivity contribution in [3.63, 3.8) is 0 Å². The van der Waals surface area contributed by atoms with Crippen molar-refractivity contribution in [3.05, 3.63) is 74.6 Å². The Bertz CT molecular complexity index is 1110. The first-order valence-electron chi connectivity index (χ1n) is 8.70. The van der Waals surface area contributed by atoms with E-state index >= 15 is 0 Å². The number of halogens is 3. The number of amides is 2. The van der Waals surface area contributed by atoms with E-state index in [1.165, 1.54) is 18.2 Å². The second-order valence-electron chi connectivity index (χ2n) is 6.43. The number of aryl methyl sites for hydroxylation is 1. The summed E-state index contributed by atoms with van der Waals surface area (Å²) in [6.45, 7) is 3.28. The summed E-state index contributed by atoms with van der Waals surface area (Å²) in [5, 5.41) is 15.0. The largest absolute Gasteiger partial charge is 0.505 e. The first-order valence-corrected chi connectivity index (χ1v) is 10.2. The molecular formula is C20H16Cl2FN3O3S. The Morgan fingerprint density at radius 2 is 1.80 bits per heavy atom. The van der Waals surface area contributed by atoms with E-state index in [2.05, 4.69) is 15.0 Å². The van der Waals surface area contributed by atoms with Gasteiger partial charge in [0.25, 0.3) is 11.8 Å². The maximum atomic E-state index is 14.0. The fraction of sp³-hybridized carbons (Fsp3) is 0.150. The number of anilines is 1. The second kappa shape index (κ2) is 8.99. The molecule has 0 aliphatic carbocycles. The summed E-state index contributed by atoms with van der Waals surface area (Å²) in [4.78, 5) is 25.4. The van der Waals surface area contributed by atoms with Gasteiger partial charge in [-0.05, 0) is 43.6 Å². The third-order valence-electron chi connectivity index (χ3n) is 4.32. The molecule has 30 heavy (non-hydrogen) atoms. The molecule has 156 valence electrons. The molecule has 1 atom stereocenters. The van der Waals surface area contributed by atoms with Crippen LogP contribution in [0.4, 0.5) is 9.39 Å². The van der Waals surface area contributed by atoms with Crippen LogP contribution in [0.5, 0.6) is 5.75 Å². The van der Waals surface area contributed by atoms with Crippen molar-refractivity contribution in [3.8, 4) is 5.75 Å². The Morgan fingerprint density at radius 3 is 2.43 bits per heavy atom. The van der Waals surface area contributed by atoms with Gasteiger partial charge in [-0.1, -0.05) is 41.4 Å². The van der Waals surface area contributed by atoms with E-state index in [1.807, 2.05) is 0 Å². The molecule has 0 spiro atoms. The maximum Gasteiger partial charge on any atom is 0.256 e. The van der Waals surface area contributed by atoms with Gasteiger partial charge in [-0.15, -0.1) is 0 Å². The number of phenolic OH excluding ortho intramolecular Hbond substituents is 1. The predicted molar refractivity (Wildman–Crippen MR) is 115 cm³/mol. The monoisotopic (exact) mass is 467 g/mol. The highest BCUT2D eigenvalue weighted by atomic mass is 35.5.